The summed E-state index contributed by atoms with van der Waals surface area (Å²) in [5.74, 6) is 0. The number of nitrogens with two attached hydrogens (primary N) is 1. The second kappa shape index (κ2) is 6.53. The first-order valence-electron chi connectivity index (χ1n) is 7.77. The molecule has 0 fully saturated rings. The van der Waals surface area contributed by atoms with Crippen LogP contribution in [-0.2, 0) is 12.8 Å². The monoisotopic (exact) mass is 260 g/mol. The molecule has 2 rings (SSSR count). The minimum atomic E-state index is 0.219. The van der Waals surface area contributed by atoms with Gasteiger partial charge in [-0.15, -0.1) is 0 Å². The number of hydrogen-bond donors (Lipinski definition) is 1. The quantitative estimate of drug-likeness (QED) is 0.882. The average molecular weight is 260 g/mol. The Bertz CT molecular complexity index is 369. The normalized spacial score (nSPS) is 19.5. The topological polar surface area (TPSA) is 29.3 Å². The molecular formula is C17H28N2. The zero-order chi connectivity index (χ0) is 13.7. The SMILES string of the molecule is CCCC(CC)(CN)N1CCc2ccccc2CC1. The molecule has 19 heavy (non-hydrogen) atoms. The smallest absolute Gasteiger partial charge is 0.0329 e. The summed E-state index contributed by atoms with van der Waals surface area (Å²) < 4.78 is 0. The van der Waals surface area contributed by atoms with Gasteiger partial charge >= 0.3 is 0 Å². The minimum Gasteiger partial charge on any atom is -0.329 e. The van der Waals surface area contributed by atoms with Crippen molar-refractivity contribution in [2.45, 2.75) is 51.5 Å². The first-order chi connectivity index (χ1) is 9.25. The van der Waals surface area contributed by atoms with Gasteiger partial charge in [0.05, 0.1) is 0 Å². The lowest BCUT2D eigenvalue weighted by Gasteiger charge is -2.42. The van der Waals surface area contributed by atoms with Crippen LogP contribution in [0, 0.1) is 0 Å². The van der Waals surface area contributed by atoms with Crippen LogP contribution in [0.15, 0.2) is 24.3 Å². The van der Waals surface area contributed by atoms with Gasteiger partial charge in [0, 0.05) is 25.2 Å². The maximum Gasteiger partial charge on any atom is 0.0329 e. The molecule has 1 aromatic carbocycles. The Labute approximate surface area is 118 Å². The second-order valence-corrected chi connectivity index (χ2v) is 5.79. The molecule has 1 aliphatic heterocycles. The molecule has 0 saturated carbocycles. The van der Waals surface area contributed by atoms with Gasteiger partial charge < -0.3 is 5.73 Å². The van der Waals surface area contributed by atoms with E-state index in [0.29, 0.717) is 0 Å². The van der Waals surface area contributed by atoms with Crippen molar-refractivity contribution in [2.24, 2.45) is 5.73 Å². The van der Waals surface area contributed by atoms with Crippen LogP contribution in [0.5, 0.6) is 0 Å². The molecule has 2 N–H and O–H groups in total. The van der Waals surface area contributed by atoms with Gasteiger partial charge in [0.25, 0.3) is 0 Å². The van der Waals surface area contributed by atoms with Crippen LogP contribution in [-0.4, -0.2) is 30.1 Å². The van der Waals surface area contributed by atoms with E-state index in [-0.39, 0.29) is 5.54 Å². The number of fused-ring (bicyclic) bond motifs is 1. The molecule has 0 spiro atoms. The number of nitrogens with zero attached hydrogens (tertiary/aromatic N) is 1. The van der Waals surface area contributed by atoms with Crippen molar-refractivity contribution >= 4 is 0 Å². The van der Waals surface area contributed by atoms with Crippen LogP contribution in [0.25, 0.3) is 0 Å². The third-order valence-corrected chi connectivity index (χ3v) is 4.84. The highest BCUT2D eigenvalue weighted by molar-refractivity contribution is 5.28. The Kier molecular flexibility index (Phi) is 5.00. The summed E-state index contributed by atoms with van der Waals surface area (Å²) in [7, 11) is 0. The lowest BCUT2D eigenvalue weighted by Crippen LogP contribution is -2.54. The van der Waals surface area contributed by atoms with Gasteiger partial charge in [-0.25, -0.2) is 0 Å². The molecule has 106 valence electrons. The van der Waals surface area contributed by atoms with Crippen molar-refractivity contribution in [3.8, 4) is 0 Å². The summed E-state index contributed by atoms with van der Waals surface area (Å²) in [5, 5.41) is 0. The van der Waals surface area contributed by atoms with Crippen molar-refractivity contribution in [2.75, 3.05) is 19.6 Å². The van der Waals surface area contributed by atoms with E-state index < -0.39 is 0 Å². The van der Waals surface area contributed by atoms with Crippen LogP contribution < -0.4 is 5.73 Å². The third kappa shape index (κ3) is 3.01. The standard InChI is InChI=1S/C17H28N2/c1-3-11-17(4-2,14-18)19-12-9-15-7-5-6-8-16(15)10-13-19/h5-8H,3-4,9-14,18H2,1-2H3. The molecule has 2 nitrogen and oxygen atoms in total. The fourth-order valence-corrected chi connectivity index (χ4v) is 3.54. The molecule has 0 saturated heterocycles. The van der Waals surface area contributed by atoms with Crippen LogP contribution in [0.2, 0.25) is 0 Å². The summed E-state index contributed by atoms with van der Waals surface area (Å²) in [5.41, 5.74) is 9.43. The largest absolute Gasteiger partial charge is 0.329 e. The molecule has 0 aliphatic carbocycles. The molecule has 1 unspecified atom stereocenters. The Morgan fingerprint density at radius 1 is 1.11 bits per heavy atom. The maximum absolute atomic E-state index is 6.15. The minimum absolute atomic E-state index is 0.219. The lowest BCUT2D eigenvalue weighted by molar-refractivity contribution is 0.0843. The lowest BCUT2D eigenvalue weighted by atomic mass is 9.88. The Hall–Kier alpha value is -0.860. The maximum atomic E-state index is 6.15. The number of rotatable bonds is 5. The van der Waals surface area contributed by atoms with E-state index in [1.807, 2.05) is 0 Å². The van der Waals surface area contributed by atoms with Gasteiger partial charge in [-0.2, -0.15) is 0 Å². The summed E-state index contributed by atoms with van der Waals surface area (Å²) in [4.78, 5) is 2.66. The van der Waals surface area contributed by atoms with Crippen LogP contribution in [0.1, 0.15) is 44.2 Å². The van der Waals surface area contributed by atoms with E-state index in [4.69, 9.17) is 5.73 Å². The molecule has 0 radical (unpaired) electrons. The highest BCUT2D eigenvalue weighted by Gasteiger charge is 2.33. The molecule has 1 aliphatic rings. The van der Waals surface area contributed by atoms with Gasteiger partial charge in [-0.1, -0.05) is 44.5 Å². The summed E-state index contributed by atoms with van der Waals surface area (Å²) in [6, 6.07) is 8.90. The molecule has 0 aromatic heterocycles. The molecule has 1 heterocycles. The summed E-state index contributed by atoms with van der Waals surface area (Å²) in [6.45, 7) is 7.66. The van der Waals surface area contributed by atoms with Crippen molar-refractivity contribution in [3.05, 3.63) is 35.4 Å². The molecule has 0 bridgehead atoms. The number of benzene rings is 1. The fourth-order valence-electron chi connectivity index (χ4n) is 3.54. The van der Waals surface area contributed by atoms with Gasteiger partial charge in [-0.3, -0.25) is 4.90 Å². The first-order valence-corrected chi connectivity index (χ1v) is 7.77. The van der Waals surface area contributed by atoms with Crippen molar-refractivity contribution < 1.29 is 0 Å². The van der Waals surface area contributed by atoms with E-state index in [9.17, 15) is 0 Å². The Balaban J connectivity index is 2.15. The highest BCUT2D eigenvalue weighted by atomic mass is 15.2. The second-order valence-electron chi connectivity index (χ2n) is 5.79. The predicted octanol–water partition coefficient (Wildman–Crippen LogP) is 2.99. The van der Waals surface area contributed by atoms with E-state index in [0.717, 1.165) is 26.1 Å². The van der Waals surface area contributed by atoms with E-state index in [1.165, 1.54) is 36.8 Å². The molecule has 2 heteroatoms. The molecule has 1 aromatic rings. The molecular weight excluding hydrogens is 232 g/mol. The van der Waals surface area contributed by atoms with Gasteiger partial charge in [0.1, 0.15) is 0 Å². The van der Waals surface area contributed by atoms with E-state index >= 15 is 0 Å². The van der Waals surface area contributed by atoms with E-state index in [2.05, 4.69) is 43.0 Å². The van der Waals surface area contributed by atoms with Crippen LogP contribution >= 0.6 is 0 Å². The van der Waals surface area contributed by atoms with Crippen molar-refractivity contribution in [1.29, 1.82) is 0 Å². The molecule has 1 atom stereocenters. The number of hydrogen-bond acceptors (Lipinski definition) is 2. The average Bonchev–Trinajstić information content (AvgIpc) is 2.68. The Morgan fingerprint density at radius 2 is 1.68 bits per heavy atom. The molecule has 0 amide bonds. The third-order valence-electron chi connectivity index (χ3n) is 4.84. The van der Waals surface area contributed by atoms with Crippen molar-refractivity contribution in [3.63, 3.8) is 0 Å². The predicted molar refractivity (Wildman–Crippen MR) is 82.4 cm³/mol. The van der Waals surface area contributed by atoms with Crippen LogP contribution in [0.4, 0.5) is 0 Å². The first kappa shape index (κ1) is 14.5. The van der Waals surface area contributed by atoms with E-state index in [1.54, 1.807) is 0 Å². The highest BCUT2D eigenvalue weighted by Crippen LogP contribution is 2.28. The fraction of sp³-hybridized carbons (Fsp3) is 0.647. The van der Waals surface area contributed by atoms with Gasteiger partial charge in [0.2, 0.25) is 0 Å². The van der Waals surface area contributed by atoms with Gasteiger partial charge in [-0.05, 0) is 36.8 Å². The summed E-state index contributed by atoms with van der Waals surface area (Å²) in [6.07, 6.45) is 5.93. The Morgan fingerprint density at radius 3 is 2.11 bits per heavy atom. The zero-order valence-electron chi connectivity index (χ0n) is 12.5. The van der Waals surface area contributed by atoms with Crippen molar-refractivity contribution in [1.82, 2.24) is 4.90 Å². The van der Waals surface area contributed by atoms with Gasteiger partial charge in [0.15, 0.2) is 0 Å². The van der Waals surface area contributed by atoms with Crippen LogP contribution in [0.3, 0.4) is 0 Å². The summed E-state index contributed by atoms with van der Waals surface area (Å²) >= 11 is 0. The zero-order valence-corrected chi connectivity index (χ0v) is 12.5.